The molecular formula is C39H51BrN6O6. The van der Waals surface area contributed by atoms with Gasteiger partial charge in [0.15, 0.2) is 6.10 Å². The van der Waals surface area contributed by atoms with Gasteiger partial charge in [-0.15, -0.1) is 0 Å². The molecule has 0 spiro atoms. The van der Waals surface area contributed by atoms with E-state index < -0.39 is 17.8 Å². The lowest BCUT2D eigenvalue weighted by Gasteiger charge is -2.44. The maximum atomic E-state index is 14.1. The number of para-hydroxylation sites is 1. The lowest BCUT2D eigenvalue weighted by atomic mass is 10.0. The van der Waals surface area contributed by atoms with E-state index in [0.29, 0.717) is 77.3 Å². The van der Waals surface area contributed by atoms with Gasteiger partial charge in [0.1, 0.15) is 11.6 Å². The summed E-state index contributed by atoms with van der Waals surface area (Å²) in [6, 6.07) is 13.9. The molecule has 280 valence electrons. The van der Waals surface area contributed by atoms with Crippen molar-refractivity contribution in [2.75, 3.05) is 57.7 Å². The topological polar surface area (TPSA) is 115 Å². The maximum absolute atomic E-state index is 14.1. The standard InChI is InChI=1S/C39H51BrN6O6/c1-27-9-10-28(23-33(27)40)24-35(36(48)43-21-19-42(20-22-43)31-14-18-46(32(25-31)26-47)52-39(2,3)4)51-38(50)44-15-12-30(13-16-44)45-17-11-29-7-5-6-8-34(29)41-37(45)49/h5-10,23,30-31,35H,11-22,24-25H2,1-4H3,(H,41,49)/t31?,35-/m1/s1. The molecule has 6 rings (SSSR count). The van der Waals surface area contributed by atoms with Crippen molar-refractivity contribution >= 4 is 45.6 Å². The molecule has 4 aliphatic heterocycles. The first kappa shape index (κ1) is 37.8. The fourth-order valence-electron chi connectivity index (χ4n) is 7.63. The zero-order valence-electron chi connectivity index (χ0n) is 30.7. The Morgan fingerprint density at radius 2 is 1.65 bits per heavy atom. The molecule has 0 aliphatic carbocycles. The molecular weight excluding hydrogens is 728 g/mol. The number of fused-ring (bicyclic) bond motifs is 1. The van der Waals surface area contributed by atoms with Gasteiger partial charge >= 0.3 is 12.1 Å². The third-order valence-electron chi connectivity index (χ3n) is 10.5. The van der Waals surface area contributed by atoms with Gasteiger partial charge in [-0.1, -0.05) is 46.3 Å². The van der Waals surface area contributed by atoms with Crippen molar-refractivity contribution < 1.29 is 28.8 Å². The molecule has 1 N–H and O–H groups in total. The number of amides is 4. The molecule has 4 amide bonds. The van der Waals surface area contributed by atoms with Crippen LogP contribution in [0.4, 0.5) is 15.3 Å². The highest BCUT2D eigenvalue weighted by atomic mass is 79.9. The van der Waals surface area contributed by atoms with Gasteiger partial charge in [0.05, 0.1) is 5.60 Å². The molecule has 12 nitrogen and oxygen atoms in total. The van der Waals surface area contributed by atoms with E-state index in [1.54, 1.807) is 14.9 Å². The van der Waals surface area contributed by atoms with Gasteiger partial charge in [-0.25, -0.2) is 19.4 Å². The van der Waals surface area contributed by atoms with Crippen LogP contribution in [0.25, 0.3) is 0 Å². The third kappa shape index (κ3) is 9.17. The zero-order valence-corrected chi connectivity index (χ0v) is 32.3. The molecule has 0 radical (unpaired) electrons. The van der Waals surface area contributed by atoms with E-state index in [2.05, 4.69) is 32.1 Å². The van der Waals surface area contributed by atoms with Crippen molar-refractivity contribution in [2.45, 2.75) is 90.0 Å². The number of urea groups is 1. The number of carbonyl (C=O) groups excluding carboxylic acids is 4. The second-order valence-corrected chi connectivity index (χ2v) is 16.1. The van der Waals surface area contributed by atoms with Gasteiger partial charge in [-0.05, 0) is 82.2 Å². The van der Waals surface area contributed by atoms with Crippen LogP contribution in [0.3, 0.4) is 0 Å². The van der Waals surface area contributed by atoms with Gasteiger partial charge < -0.3 is 24.8 Å². The van der Waals surface area contributed by atoms with Crippen molar-refractivity contribution in [3.8, 4) is 0 Å². The molecule has 4 aliphatic rings. The summed E-state index contributed by atoms with van der Waals surface area (Å²) in [7, 11) is 0. The number of rotatable bonds is 7. The van der Waals surface area contributed by atoms with Crippen LogP contribution in [-0.2, 0) is 32.0 Å². The first-order valence-electron chi connectivity index (χ1n) is 18.5. The summed E-state index contributed by atoms with van der Waals surface area (Å²) in [5, 5.41) is 4.73. The number of piperidine rings is 2. The molecule has 2 atom stereocenters. The summed E-state index contributed by atoms with van der Waals surface area (Å²) in [4.78, 5) is 66.4. The Labute approximate surface area is 315 Å². The van der Waals surface area contributed by atoms with Gasteiger partial charge in [0, 0.05) is 87.4 Å². The minimum absolute atomic E-state index is 0.00773. The number of hydrogen-bond donors (Lipinski definition) is 1. The van der Waals surface area contributed by atoms with Crippen LogP contribution >= 0.6 is 15.9 Å². The molecule has 2 aromatic rings. The number of hydroxylamine groups is 2. The molecule has 52 heavy (non-hydrogen) atoms. The average Bonchev–Trinajstić information content (AvgIpc) is 3.30. The maximum Gasteiger partial charge on any atom is 0.410 e. The minimum atomic E-state index is -0.983. The summed E-state index contributed by atoms with van der Waals surface area (Å²) in [6.45, 7) is 12.3. The predicted octanol–water partition coefficient (Wildman–Crippen LogP) is 5.41. The highest BCUT2D eigenvalue weighted by Gasteiger charge is 2.37. The fraction of sp³-hybridized carbons (Fsp3) is 0.564. The number of piperazine rings is 1. The number of nitrogens with zero attached hydrogens (tertiary/aromatic N) is 5. The Bertz CT molecular complexity index is 1680. The first-order valence-corrected chi connectivity index (χ1v) is 19.3. The lowest BCUT2D eigenvalue weighted by molar-refractivity contribution is -0.216. The molecule has 4 heterocycles. The Morgan fingerprint density at radius 1 is 0.942 bits per heavy atom. The van der Waals surface area contributed by atoms with E-state index in [4.69, 9.17) is 9.57 Å². The third-order valence-corrected chi connectivity index (χ3v) is 11.4. The number of likely N-dealkylation sites (tertiary alicyclic amines) is 1. The van der Waals surface area contributed by atoms with Crippen LogP contribution in [0.15, 0.2) is 52.6 Å². The van der Waals surface area contributed by atoms with E-state index in [9.17, 15) is 19.2 Å². The van der Waals surface area contributed by atoms with E-state index in [0.717, 1.165) is 39.7 Å². The van der Waals surface area contributed by atoms with E-state index in [-0.39, 0.29) is 30.4 Å². The minimum Gasteiger partial charge on any atom is -0.436 e. The van der Waals surface area contributed by atoms with Crippen LogP contribution in [-0.4, -0.2) is 125 Å². The Balaban J connectivity index is 1.06. The highest BCUT2D eigenvalue weighted by molar-refractivity contribution is 9.10. The van der Waals surface area contributed by atoms with Gasteiger partial charge in [-0.2, -0.15) is 0 Å². The summed E-state index contributed by atoms with van der Waals surface area (Å²) in [6.07, 6.45) is 2.18. The Hall–Kier alpha value is -3.90. The average molecular weight is 780 g/mol. The second-order valence-electron chi connectivity index (χ2n) is 15.3. The first-order chi connectivity index (χ1) is 24.9. The highest BCUT2D eigenvalue weighted by Crippen LogP contribution is 2.29. The van der Waals surface area contributed by atoms with Crippen LogP contribution in [0.1, 0.15) is 63.1 Å². The number of aryl methyl sites for hydroxylation is 1. The SMILES string of the molecule is Cc1ccc(C[C@@H](OC(=O)N2CCC(N3CCc4ccccc4NC3=O)CC2)C(=O)N2CCN(C3CCN(OC(C)(C)C)C(=C=O)C3)CC2)cc1Br. The number of nitrogens with one attached hydrogen (secondary N) is 1. The summed E-state index contributed by atoms with van der Waals surface area (Å²) in [5.74, 6) is 1.88. The van der Waals surface area contributed by atoms with Crippen LogP contribution < -0.4 is 5.32 Å². The number of anilines is 1. The molecule has 0 saturated carbocycles. The number of hydrogen-bond acceptors (Lipinski definition) is 8. The van der Waals surface area contributed by atoms with Gasteiger partial charge in [-0.3, -0.25) is 14.5 Å². The van der Waals surface area contributed by atoms with Crippen molar-refractivity contribution in [3.05, 3.63) is 69.3 Å². The largest absolute Gasteiger partial charge is 0.436 e. The smallest absolute Gasteiger partial charge is 0.410 e. The van der Waals surface area contributed by atoms with Crippen molar-refractivity contribution in [2.24, 2.45) is 0 Å². The van der Waals surface area contributed by atoms with Crippen molar-refractivity contribution in [1.29, 1.82) is 0 Å². The monoisotopic (exact) mass is 778 g/mol. The van der Waals surface area contributed by atoms with Crippen LogP contribution in [0.2, 0.25) is 0 Å². The number of halogens is 1. The van der Waals surface area contributed by atoms with Gasteiger partial charge in [0.2, 0.25) is 0 Å². The van der Waals surface area contributed by atoms with Crippen molar-refractivity contribution in [1.82, 2.24) is 24.7 Å². The molecule has 0 aromatic heterocycles. The number of ether oxygens (including phenoxy) is 1. The van der Waals surface area contributed by atoms with E-state index in [1.807, 2.05) is 75.1 Å². The number of carbonyl (C=O) groups is 3. The van der Waals surface area contributed by atoms with Crippen molar-refractivity contribution in [3.63, 3.8) is 0 Å². The van der Waals surface area contributed by atoms with Gasteiger partial charge in [0.25, 0.3) is 5.91 Å². The molecule has 2 aromatic carbocycles. The summed E-state index contributed by atoms with van der Waals surface area (Å²) >= 11 is 3.60. The number of benzene rings is 2. The second kappa shape index (κ2) is 16.4. The summed E-state index contributed by atoms with van der Waals surface area (Å²) < 4.78 is 7.01. The molecule has 1 unspecified atom stereocenters. The Kier molecular flexibility index (Phi) is 11.9. The van der Waals surface area contributed by atoms with E-state index in [1.165, 1.54) is 0 Å². The molecule has 0 bridgehead atoms. The predicted molar refractivity (Wildman–Crippen MR) is 201 cm³/mol. The quantitative estimate of drug-likeness (QED) is 0.372. The molecule has 13 heteroatoms. The normalized spacial score (nSPS) is 21.2. The molecule has 3 saturated heterocycles. The van der Waals surface area contributed by atoms with E-state index >= 15 is 0 Å². The summed E-state index contributed by atoms with van der Waals surface area (Å²) in [5.41, 5.74) is 4.05. The fourth-order valence-corrected chi connectivity index (χ4v) is 8.05. The van der Waals surface area contributed by atoms with Crippen LogP contribution in [0, 0.1) is 6.92 Å². The molecule has 3 fully saturated rings. The zero-order chi connectivity index (χ0) is 37.0. The lowest BCUT2D eigenvalue weighted by Crippen LogP contribution is -2.56. The Morgan fingerprint density at radius 3 is 2.35 bits per heavy atom. The van der Waals surface area contributed by atoms with Crippen LogP contribution in [0.5, 0.6) is 0 Å².